The second-order valence-corrected chi connectivity index (χ2v) is 8.52. The maximum Gasteiger partial charge on any atom is 0.308 e. The third-order valence-electron chi connectivity index (χ3n) is 4.54. The van der Waals surface area contributed by atoms with Gasteiger partial charge in [0.2, 0.25) is 5.91 Å². The van der Waals surface area contributed by atoms with Gasteiger partial charge in [-0.25, -0.2) is 0 Å². The van der Waals surface area contributed by atoms with Crippen molar-refractivity contribution in [1.29, 1.82) is 0 Å². The molecule has 0 unspecified atom stereocenters. The second kappa shape index (κ2) is 11.2. The summed E-state index contributed by atoms with van der Waals surface area (Å²) in [5, 5.41) is 0. The third-order valence-corrected chi connectivity index (χ3v) is 5.69. The molecule has 0 bridgehead atoms. The normalized spacial score (nSPS) is 12.6. The highest BCUT2D eigenvalue weighted by molar-refractivity contribution is 7.87. The van der Waals surface area contributed by atoms with Crippen LogP contribution in [0.15, 0.2) is 24.3 Å². The minimum atomic E-state index is -3.52. The van der Waals surface area contributed by atoms with Gasteiger partial charge in [0.25, 0.3) is 0 Å². The summed E-state index contributed by atoms with van der Waals surface area (Å²) < 4.78 is 28.0. The fourth-order valence-electron chi connectivity index (χ4n) is 2.61. The maximum atomic E-state index is 12.6. The standard InChI is InChI=1S/C20H33NO4S/c1-5-8-9-10-11-20(22)21(17(4)6-2)16-18-12-14-19(15-13-18)25-26(23,24)7-3/h12-15,17H,5-11,16H2,1-4H3/t17-/m1/s1. The maximum absolute atomic E-state index is 12.6. The van der Waals surface area contributed by atoms with Crippen molar-refractivity contribution in [3.05, 3.63) is 29.8 Å². The molecule has 1 atom stereocenters. The molecule has 0 saturated heterocycles. The highest BCUT2D eigenvalue weighted by Gasteiger charge is 2.19. The van der Waals surface area contributed by atoms with Gasteiger partial charge in [-0.3, -0.25) is 4.79 Å². The number of carbonyl (C=O) groups excluding carboxylic acids is 1. The summed E-state index contributed by atoms with van der Waals surface area (Å²) in [6, 6.07) is 7.09. The highest BCUT2D eigenvalue weighted by atomic mass is 32.2. The molecule has 0 saturated carbocycles. The Bertz CT molecular complexity index is 640. The van der Waals surface area contributed by atoms with E-state index in [0.717, 1.165) is 31.2 Å². The molecule has 1 amide bonds. The van der Waals surface area contributed by atoms with Crippen LogP contribution in [0.5, 0.6) is 5.75 Å². The molecule has 1 aromatic rings. The van der Waals surface area contributed by atoms with Gasteiger partial charge in [0.15, 0.2) is 0 Å². The lowest BCUT2D eigenvalue weighted by atomic mass is 10.1. The zero-order chi connectivity index (χ0) is 19.6. The van der Waals surface area contributed by atoms with Gasteiger partial charge in [-0.1, -0.05) is 45.2 Å². The van der Waals surface area contributed by atoms with Crippen molar-refractivity contribution in [3.63, 3.8) is 0 Å². The van der Waals surface area contributed by atoms with Gasteiger partial charge in [-0.05, 0) is 44.4 Å². The first-order valence-corrected chi connectivity index (χ1v) is 11.2. The quantitative estimate of drug-likeness (QED) is 0.393. The Hall–Kier alpha value is -1.56. The zero-order valence-corrected chi connectivity index (χ0v) is 17.3. The molecule has 26 heavy (non-hydrogen) atoms. The van der Waals surface area contributed by atoms with Crippen LogP contribution in [0.3, 0.4) is 0 Å². The van der Waals surface area contributed by atoms with Crippen molar-refractivity contribution in [2.24, 2.45) is 0 Å². The van der Waals surface area contributed by atoms with E-state index in [1.54, 1.807) is 19.1 Å². The van der Waals surface area contributed by atoms with Crippen molar-refractivity contribution in [2.75, 3.05) is 5.75 Å². The number of hydrogen-bond acceptors (Lipinski definition) is 4. The molecule has 0 fully saturated rings. The van der Waals surface area contributed by atoms with Gasteiger partial charge in [0.1, 0.15) is 5.75 Å². The smallest absolute Gasteiger partial charge is 0.308 e. The molecule has 1 rings (SSSR count). The second-order valence-electron chi connectivity index (χ2n) is 6.66. The van der Waals surface area contributed by atoms with Gasteiger partial charge in [0.05, 0.1) is 5.75 Å². The molecule has 1 aromatic carbocycles. The average molecular weight is 384 g/mol. The van der Waals surface area contributed by atoms with E-state index in [-0.39, 0.29) is 17.7 Å². The number of carbonyl (C=O) groups is 1. The number of amides is 1. The van der Waals surface area contributed by atoms with Crippen LogP contribution in [0.1, 0.15) is 71.8 Å². The summed E-state index contributed by atoms with van der Waals surface area (Å²) in [5.74, 6) is 0.421. The average Bonchev–Trinajstić information content (AvgIpc) is 2.63. The Morgan fingerprint density at radius 1 is 1.08 bits per heavy atom. The van der Waals surface area contributed by atoms with Gasteiger partial charge in [0, 0.05) is 19.0 Å². The minimum Gasteiger partial charge on any atom is -0.382 e. The summed E-state index contributed by atoms with van der Waals surface area (Å²) in [6.07, 6.45) is 5.83. The molecule has 0 aliphatic rings. The van der Waals surface area contributed by atoms with Crippen LogP contribution in [0.4, 0.5) is 0 Å². The third kappa shape index (κ3) is 7.77. The van der Waals surface area contributed by atoms with Crippen molar-refractivity contribution in [1.82, 2.24) is 4.90 Å². The molecular weight excluding hydrogens is 350 g/mol. The predicted octanol–water partition coefficient (Wildman–Crippen LogP) is 4.51. The van der Waals surface area contributed by atoms with Gasteiger partial charge in [-0.15, -0.1) is 0 Å². The lowest BCUT2D eigenvalue weighted by Crippen LogP contribution is -2.37. The predicted molar refractivity (Wildman–Crippen MR) is 106 cm³/mol. The van der Waals surface area contributed by atoms with Crippen molar-refractivity contribution < 1.29 is 17.4 Å². The van der Waals surface area contributed by atoms with Crippen molar-refractivity contribution >= 4 is 16.0 Å². The Kier molecular flexibility index (Phi) is 9.70. The number of benzene rings is 1. The molecule has 0 aliphatic carbocycles. The van der Waals surface area contributed by atoms with Crippen LogP contribution >= 0.6 is 0 Å². The van der Waals surface area contributed by atoms with Crippen molar-refractivity contribution in [2.45, 2.75) is 78.8 Å². The van der Waals surface area contributed by atoms with Crippen LogP contribution in [0.25, 0.3) is 0 Å². The number of unbranched alkanes of at least 4 members (excludes halogenated alkanes) is 3. The van der Waals surface area contributed by atoms with Gasteiger partial charge < -0.3 is 9.08 Å². The Labute approximate surface area is 158 Å². The number of nitrogens with zero attached hydrogens (tertiary/aromatic N) is 1. The fourth-order valence-corrected chi connectivity index (χ4v) is 3.13. The zero-order valence-electron chi connectivity index (χ0n) is 16.5. The van der Waals surface area contributed by atoms with E-state index in [9.17, 15) is 13.2 Å². The molecule has 5 nitrogen and oxygen atoms in total. The minimum absolute atomic E-state index is 0.0664. The largest absolute Gasteiger partial charge is 0.382 e. The topological polar surface area (TPSA) is 63.7 Å². The summed E-state index contributed by atoms with van der Waals surface area (Å²) in [6.45, 7) is 8.37. The molecule has 0 spiro atoms. The van der Waals surface area contributed by atoms with Crippen molar-refractivity contribution in [3.8, 4) is 5.75 Å². The SMILES string of the molecule is CCCCCCC(=O)N(Cc1ccc(OS(=O)(=O)CC)cc1)[C@H](C)CC. The first kappa shape index (κ1) is 22.5. The van der Waals surface area contributed by atoms with E-state index in [1.165, 1.54) is 6.42 Å². The Morgan fingerprint density at radius 3 is 2.27 bits per heavy atom. The molecular formula is C20H33NO4S. The first-order valence-electron chi connectivity index (χ1n) is 9.63. The summed E-state index contributed by atoms with van der Waals surface area (Å²) in [7, 11) is -3.52. The Morgan fingerprint density at radius 2 is 1.73 bits per heavy atom. The van der Waals surface area contributed by atoms with Crippen LogP contribution in [0.2, 0.25) is 0 Å². The molecule has 148 valence electrons. The van der Waals surface area contributed by atoms with Crippen LogP contribution in [0, 0.1) is 0 Å². The van der Waals surface area contributed by atoms with Gasteiger partial charge >= 0.3 is 10.1 Å². The first-order chi connectivity index (χ1) is 12.3. The van der Waals surface area contributed by atoms with Gasteiger partial charge in [-0.2, -0.15) is 8.42 Å². The number of hydrogen-bond donors (Lipinski definition) is 0. The van der Waals surface area contributed by atoms with E-state index >= 15 is 0 Å². The summed E-state index contributed by atoms with van der Waals surface area (Å²) in [4.78, 5) is 14.5. The molecule has 0 N–H and O–H groups in total. The molecule has 0 aliphatic heterocycles. The van der Waals surface area contributed by atoms with E-state index in [1.807, 2.05) is 17.0 Å². The van der Waals surface area contributed by atoms with E-state index in [0.29, 0.717) is 18.7 Å². The molecule has 0 heterocycles. The van der Waals surface area contributed by atoms with E-state index in [2.05, 4.69) is 20.8 Å². The highest BCUT2D eigenvalue weighted by Crippen LogP contribution is 2.18. The lowest BCUT2D eigenvalue weighted by Gasteiger charge is -2.29. The lowest BCUT2D eigenvalue weighted by molar-refractivity contribution is -0.134. The van der Waals surface area contributed by atoms with Crippen LogP contribution in [-0.2, 0) is 21.5 Å². The van der Waals surface area contributed by atoms with Crippen LogP contribution in [-0.4, -0.2) is 31.0 Å². The fraction of sp³-hybridized carbons (Fsp3) is 0.650. The Balaban J connectivity index is 2.74. The molecule has 0 aromatic heterocycles. The van der Waals surface area contributed by atoms with E-state index in [4.69, 9.17) is 4.18 Å². The molecule has 6 heteroatoms. The monoisotopic (exact) mass is 383 g/mol. The summed E-state index contributed by atoms with van der Waals surface area (Å²) >= 11 is 0. The summed E-state index contributed by atoms with van der Waals surface area (Å²) in [5.41, 5.74) is 0.966. The molecule has 0 radical (unpaired) electrons. The van der Waals surface area contributed by atoms with E-state index < -0.39 is 10.1 Å². The van der Waals surface area contributed by atoms with Crippen LogP contribution < -0.4 is 4.18 Å². The number of rotatable bonds is 12.